The van der Waals surface area contributed by atoms with E-state index in [9.17, 15) is 9.90 Å². The van der Waals surface area contributed by atoms with E-state index in [0.29, 0.717) is 5.56 Å². The minimum atomic E-state index is -0.175. The molecule has 3 rings (SSSR count). The topological polar surface area (TPSA) is 55.8 Å². The number of carbonyl (C=O) groups is 1. The highest BCUT2D eigenvalue weighted by molar-refractivity contribution is 7.98. The number of thioether (sulfide) groups is 1. The molecule has 5 heteroatoms. The highest BCUT2D eigenvalue weighted by Crippen LogP contribution is 2.29. The summed E-state index contributed by atoms with van der Waals surface area (Å²) in [7, 11) is 3.09. The molecule has 0 fully saturated rings. The molecule has 3 aromatic carbocycles. The molecule has 0 amide bonds. The first-order valence-electron chi connectivity index (χ1n) is 9.05. The molecule has 0 saturated heterocycles. The first-order chi connectivity index (χ1) is 14.1. The molecule has 0 aliphatic carbocycles. The van der Waals surface area contributed by atoms with Gasteiger partial charge in [0.1, 0.15) is 5.75 Å². The van der Waals surface area contributed by atoms with Gasteiger partial charge in [0.05, 0.1) is 14.2 Å². The summed E-state index contributed by atoms with van der Waals surface area (Å²) in [5.74, 6) is 1.68. The first kappa shape index (κ1) is 20.6. The molecule has 0 aromatic heterocycles. The number of phenolic OH excluding ortho intramolecular Hbond substituents is 1. The van der Waals surface area contributed by atoms with Crippen molar-refractivity contribution in [2.75, 3.05) is 14.2 Å². The Labute approximate surface area is 174 Å². The lowest BCUT2D eigenvalue weighted by atomic mass is 10.1. The average molecular weight is 407 g/mol. The number of aromatic hydroxyl groups is 1. The monoisotopic (exact) mass is 406 g/mol. The van der Waals surface area contributed by atoms with E-state index < -0.39 is 0 Å². The molecule has 148 valence electrons. The van der Waals surface area contributed by atoms with E-state index in [1.54, 1.807) is 31.0 Å². The van der Waals surface area contributed by atoms with Gasteiger partial charge >= 0.3 is 0 Å². The molecule has 0 saturated carbocycles. The van der Waals surface area contributed by atoms with Crippen LogP contribution in [0.4, 0.5) is 0 Å². The lowest BCUT2D eigenvalue weighted by Crippen LogP contribution is -1.96. The number of hydrogen-bond donors (Lipinski definition) is 1. The lowest BCUT2D eigenvalue weighted by Gasteiger charge is -2.09. The molecule has 3 aromatic rings. The number of benzene rings is 3. The van der Waals surface area contributed by atoms with Crippen LogP contribution in [-0.4, -0.2) is 25.1 Å². The fraction of sp³-hybridized carbons (Fsp3) is 0.125. The minimum Gasteiger partial charge on any atom is -0.504 e. The number of ether oxygens (including phenoxy) is 2. The zero-order valence-electron chi connectivity index (χ0n) is 16.3. The molecule has 0 bridgehead atoms. The van der Waals surface area contributed by atoms with Gasteiger partial charge in [-0.1, -0.05) is 36.4 Å². The molecule has 4 nitrogen and oxygen atoms in total. The Balaban J connectivity index is 1.71. The third kappa shape index (κ3) is 5.42. The Morgan fingerprint density at radius 1 is 0.966 bits per heavy atom. The van der Waals surface area contributed by atoms with Crippen LogP contribution in [0.2, 0.25) is 0 Å². The van der Waals surface area contributed by atoms with Crippen molar-refractivity contribution in [1.82, 2.24) is 0 Å². The third-order valence-corrected chi connectivity index (χ3v) is 5.40. The van der Waals surface area contributed by atoms with Crippen molar-refractivity contribution in [3.8, 4) is 17.2 Å². The Kier molecular flexibility index (Phi) is 6.98. The van der Waals surface area contributed by atoms with Crippen LogP contribution < -0.4 is 9.47 Å². The third-order valence-electron chi connectivity index (χ3n) is 4.34. The maximum atomic E-state index is 12.4. The predicted octanol–water partition coefficient (Wildman–Crippen LogP) is 5.60. The number of methoxy groups -OCH3 is 2. The summed E-state index contributed by atoms with van der Waals surface area (Å²) in [5, 5.41) is 9.65. The number of hydrogen-bond acceptors (Lipinski definition) is 5. The van der Waals surface area contributed by atoms with Gasteiger partial charge < -0.3 is 14.6 Å². The summed E-state index contributed by atoms with van der Waals surface area (Å²) < 4.78 is 10.6. The van der Waals surface area contributed by atoms with Crippen LogP contribution in [0.25, 0.3) is 6.08 Å². The Morgan fingerprint density at radius 3 is 2.45 bits per heavy atom. The molecule has 0 radical (unpaired) electrons. The van der Waals surface area contributed by atoms with Crippen molar-refractivity contribution in [1.29, 1.82) is 0 Å². The van der Waals surface area contributed by atoms with Crippen LogP contribution in [0, 0.1) is 0 Å². The summed E-state index contributed by atoms with van der Waals surface area (Å²) >= 11 is 1.74. The van der Waals surface area contributed by atoms with E-state index in [4.69, 9.17) is 9.47 Å². The van der Waals surface area contributed by atoms with Gasteiger partial charge in [-0.25, -0.2) is 0 Å². The van der Waals surface area contributed by atoms with E-state index in [-0.39, 0.29) is 17.3 Å². The van der Waals surface area contributed by atoms with Crippen molar-refractivity contribution >= 4 is 23.6 Å². The van der Waals surface area contributed by atoms with Gasteiger partial charge in [-0.05, 0) is 48.0 Å². The number of rotatable bonds is 8. The van der Waals surface area contributed by atoms with Crippen molar-refractivity contribution in [3.63, 3.8) is 0 Å². The molecule has 0 unspecified atom stereocenters. The first-order valence-corrected chi connectivity index (χ1v) is 10.0. The summed E-state index contributed by atoms with van der Waals surface area (Å²) in [4.78, 5) is 13.6. The summed E-state index contributed by atoms with van der Waals surface area (Å²) in [6, 6.07) is 20.6. The lowest BCUT2D eigenvalue weighted by molar-refractivity contribution is 0.104. The molecule has 1 N–H and O–H groups in total. The minimum absolute atomic E-state index is 0.00160. The largest absolute Gasteiger partial charge is 0.504 e. The second-order valence-electron chi connectivity index (χ2n) is 6.26. The van der Waals surface area contributed by atoms with Gasteiger partial charge in [-0.15, -0.1) is 11.8 Å². The fourth-order valence-electron chi connectivity index (χ4n) is 2.76. The maximum absolute atomic E-state index is 12.4. The number of allylic oxidation sites excluding steroid dienone is 1. The molecular formula is C24H22O4S. The fourth-order valence-corrected chi connectivity index (χ4v) is 3.67. The van der Waals surface area contributed by atoms with Gasteiger partial charge in [0.15, 0.2) is 17.3 Å². The Bertz CT molecular complexity index is 1010. The van der Waals surface area contributed by atoms with E-state index in [1.165, 1.54) is 30.2 Å². The summed E-state index contributed by atoms with van der Waals surface area (Å²) in [5.41, 5.74) is 2.40. The molecule has 0 atom stereocenters. The van der Waals surface area contributed by atoms with Gasteiger partial charge in [-0.2, -0.15) is 0 Å². The van der Waals surface area contributed by atoms with E-state index >= 15 is 0 Å². The van der Waals surface area contributed by atoms with Crippen molar-refractivity contribution in [2.24, 2.45) is 0 Å². The zero-order valence-corrected chi connectivity index (χ0v) is 17.1. The molecule has 29 heavy (non-hydrogen) atoms. The predicted molar refractivity (Wildman–Crippen MR) is 117 cm³/mol. The standard InChI is InChI=1S/C24H22O4S/c1-27-23-14-17(8-10-19(23)16-29-20-6-4-3-5-7-20)9-12-21(25)18-11-13-22(26)24(15-18)28-2/h3-15,26H,16H2,1-2H3/b12-9+. The summed E-state index contributed by atoms with van der Waals surface area (Å²) in [6.07, 6.45) is 3.25. The molecular weight excluding hydrogens is 384 g/mol. The Morgan fingerprint density at radius 2 is 1.72 bits per heavy atom. The maximum Gasteiger partial charge on any atom is 0.185 e. The van der Waals surface area contributed by atoms with Gasteiger partial charge in [0.25, 0.3) is 0 Å². The summed E-state index contributed by atoms with van der Waals surface area (Å²) in [6.45, 7) is 0. The second-order valence-corrected chi connectivity index (χ2v) is 7.31. The van der Waals surface area contributed by atoms with Gasteiger partial charge in [-0.3, -0.25) is 4.79 Å². The van der Waals surface area contributed by atoms with Crippen LogP contribution in [0.3, 0.4) is 0 Å². The van der Waals surface area contributed by atoms with Crippen LogP contribution in [0.15, 0.2) is 77.7 Å². The smallest absolute Gasteiger partial charge is 0.185 e. The van der Waals surface area contributed by atoms with Crippen LogP contribution in [0.5, 0.6) is 17.2 Å². The van der Waals surface area contributed by atoms with Crippen molar-refractivity contribution in [3.05, 3.63) is 89.5 Å². The highest BCUT2D eigenvalue weighted by atomic mass is 32.2. The normalized spacial score (nSPS) is 10.8. The molecule has 0 heterocycles. The van der Waals surface area contributed by atoms with E-state index in [0.717, 1.165) is 22.6 Å². The number of carbonyl (C=O) groups excluding carboxylic acids is 1. The van der Waals surface area contributed by atoms with Crippen LogP contribution >= 0.6 is 11.8 Å². The zero-order chi connectivity index (χ0) is 20.6. The van der Waals surface area contributed by atoms with Gasteiger partial charge in [0, 0.05) is 21.8 Å². The second kappa shape index (κ2) is 9.85. The molecule has 0 aliphatic rings. The van der Waals surface area contributed by atoms with Gasteiger partial charge in [0.2, 0.25) is 0 Å². The Hall–Kier alpha value is -3.18. The van der Waals surface area contributed by atoms with Crippen molar-refractivity contribution < 1.29 is 19.4 Å². The molecule has 0 aliphatic heterocycles. The van der Waals surface area contributed by atoms with Crippen molar-refractivity contribution in [2.45, 2.75) is 10.6 Å². The van der Waals surface area contributed by atoms with Crippen LogP contribution in [0.1, 0.15) is 21.5 Å². The quantitative estimate of drug-likeness (QED) is 0.300. The highest BCUT2D eigenvalue weighted by Gasteiger charge is 2.08. The SMILES string of the molecule is COc1cc(C(=O)/C=C/c2ccc(CSc3ccccc3)c(OC)c2)ccc1O. The van der Waals surface area contributed by atoms with E-state index in [2.05, 4.69) is 12.1 Å². The molecule has 0 spiro atoms. The number of phenols is 1. The van der Waals surface area contributed by atoms with E-state index in [1.807, 2.05) is 36.4 Å². The number of ketones is 1. The average Bonchev–Trinajstić information content (AvgIpc) is 2.77. The van der Waals surface area contributed by atoms with Crippen LogP contribution in [-0.2, 0) is 5.75 Å².